The maximum absolute atomic E-state index is 4.18. The van der Waals surface area contributed by atoms with Crippen LogP contribution in [0.1, 0.15) is 20.8 Å². The minimum absolute atomic E-state index is 0.266. The van der Waals surface area contributed by atoms with E-state index in [4.69, 9.17) is 0 Å². The Bertz CT molecular complexity index is 186. The molecule has 1 aliphatic heterocycles. The van der Waals surface area contributed by atoms with Crippen LogP contribution in [-0.4, -0.2) is 12.9 Å². The van der Waals surface area contributed by atoms with Crippen LogP contribution in [0.3, 0.4) is 0 Å². The van der Waals surface area contributed by atoms with Gasteiger partial charge in [-0.25, -0.2) is 0 Å². The van der Waals surface area contributed by atoms with Crippen molar-refractivity contribution in [3.05, 3.63) is 12.3 Å². The van der Waals surface area contributed by atoms with Crippen LogP contribution in [-0.2, 0) is 0 Å². The monoisotopic (exact) mass is 152 g/mol. The largest absolute Gasteiger partial charge is 0.350 e. The lowest BCUT2D eigenvalue weighted by Gasteiger charge is -2.32. The molecule has 1 heterocycles. The molecule has 2 heteroatoms. The molecule has 0 aliphatic carbocycles. The molecule has 1 rings (SSSR count). The Labute approximate surface area is 68.4 Å². The predicted octanol–water partition coefficient (Wildman–Crippen LogP) is 1.79. The van der Waals surface area contributed by atoms with Gasteiger partial charge in [-0.3, -0.25) is 4.99 Å². The molecular formula is C9H16N2. The summed E-state index contributed by atoms with van der Waals surface area (Å²) in [6.07, 6.45) is 1.73. The third-order valence-corrected chi connectivity index (χ3v) is 2.10. The summed E-state index contributed by atoms with van der Waals surface area (Å²) in [5.41, 5.74) is 1.36. The average molecular weight is 152 g/mol. The van der Waals surface area contributed by atoms with Crippen molar-refractivity contribution in [2.24, 2.45) is 16.3 Å². The Morgan fingerprint density at radius 1 is 1.64 bits per heavy atom. The third kappa shape index (κ3) is 1.82. The number of nitrogens with zero attached hydrogens (tertiary/aromatic N) is 1. The van der Waals surface area contributed by atoms with Gasteiger partial charge in [0.1, 0.15) is 0 Å². The van der Waals surface area contributed by atoms with E-state index in [0.717, 1.165) is 12.2 Å². The summed E-state index contributed by atoms with van der Waals surface area (Å²) in [5, 5.41) is 3.05. The molecule has 1 N–H and O–H groups in total. The van der Waals surface area contributed by atoms with E-state index in [1.54, 1.807) is 6.34 Å². The molecule has 11 heavy (non-hydrogen) atoms. The molecule has 0 saturated carbocycles. The van der Waals surface area contributed by atoms with E-state index in [2.05, 4.69) is 37.7 Å². The van der Waals surface area contributed by atoms with Crippen molar-refractivity contribution in [1.82, 2.24) is 5.32 Å². The number of hydrogen-bond donors (Lipinski definition) is 1. The molecule has 0 fully saturated rings. The standard InChI is InChI=1S/C9H16N2/c1-7-8(9(2,3)4)5-10-6-11-7/h6,8H,1,5H2,2-4H3,(H,10,11). The van der Waals surface area contributed by atoms with Crippen LogP contribution in [0.2, 0.25) is 0 Å². The molecule has 0 amide bonds. The fraction of sp³-hybridized carbons (Fsp3) is 0.667. The number of aliphatic imine (C=N–C) groups is 1. The Balaban J connectivity index is 2.72. The third-order valence-electron chi connectivity index (χ3n) is 2.10. The second kappa shape index (κ2) is 2.68. The van der Waals surface area contributed by atoms with Gasteiger partial charge in [0.15, 0.2) is 0 Å². The van der Waals surface area contributed by atoms with E-state index in [9.17, 15) is 0 Å². The molecule has 2 nitrogen and oxygen atoms in total. The maximum atomic E-state index is 4.18. The van der Waals surface area contributed by atoms with E-state index >= 15 is 0 Å². The lowest BCUT2D eigenvalue weighted by Crippen LogP contribution is -2.34. The second-order valence-corrected chi connectivity index (χ2v) is 4.08. The molecule has 1 atom stereocenters. The van der Waals surface area contributed by atoms with Gasteiger partial charge in [0, 0.05) is 18.2 Å². The van der Waals surface area contributed by atoms with Crippen LogP contribution in [0.4, 0.5) is 0 Å². The smallest absolute Gasteiger partial charge is 0.0865 e. The van der Waals surface area contributed by atoms with E-state index in [1.165, 1.54) is 0 Å². The van der Waals surface area contributed by atoms with Crippen LogP contribution < -0.4 is 5.32 Å². The summed E-state index contributed by atoms with van der Waals surface area (Å²) < 4.78 is 0. The first-order valence-corrected chi connectivity index (χ1v) is 3.95. The summed E-state index contributed by atoms with van der Waals surface area (Å²) in [5.74, 6) is 0.465. The summed E-state index contributed by atoms with van der Waals surface area (Å²) in [4.78, 5) is 4.18. The highest BCUT2D eigenvalue weighted by molar-refractivity contribution is 5.59. The summed E-state index contributed by atoms with van der Waals surface area (Å²) in [6, 6.07) is 0. The van der Waals surface area contributed by atoms with Crippen molar-refractivity contribution in [3.63, 3.8) is 0 Å². The van der Waals surface area contributed by atoms with Crippen molar-refractivity contribution in [2.45, 2.75) is 20.8 Å². The van der Waals surface area contributed by atoms with Gasteiger partial charge in [0.25, 0.3) is 0 Å². The Kier molecular flexibility index (Phi) is 2.03. The van der Waals surface area contributed by atoms with Crippen LogP contribution >= 0.6 is 0 Å². The van der Waals surface area contributed by atoms with E-state index < -0.39 is 0 Å². The highest BCUT2D eigenvalue weighted by atomic mass is 15.0. The quantitative estimate of drug-likeness (QED) is 0.562. The van der Waals surface area contributed by atoms with Gasteiger partial charge in [-0.15, -0.1) is 0 Å². The van der Waals surface area contributed by atoms with Crippen molar-refractivity contribution in [2.75, 3.05) is 6.54 Å². The minimum atomic E-state index is 0.266. The summed E-state index contributed by atoms with van der Waals surface area (Å²) >= 11 is 0. The van der Waals surface area contributed by atoms with Gasteiger partial charge in [0.05, 0.1) is 6.34 Å². The van der Waals surface area contributed by atoms with Crippen LogP contribution in [0.5, 0.6) is 0 Å². The van der Waals surface area contributed by atoms with Gasteiger partial charge in [-0.1, -0.05) is 27.4 Å². The van der Waals surface area contributed by atoms with Gasteiger partial charge in [0.2, 0.25) is 0 Å². The first-order chi connectivity index (χ1) is 5.02. The first kappa shape index (κ1) is 8.31. The molecular weight excluding hydrogens is 136 g/mol. The number of nitrogens with one attached hydrogen (secondary N) is 1. The fourth-order valence-electron chi connectivity index (χ4n) is 1.29. The molecule has 0 saturated heterocycles. The summed E-state index contributed by atoms with van der Waals surface area (Å²) in [6.45, 7) is 11.5. The Morgan fingerprint density at radius 3 is 2.64 bits per heavy atom. The van der Waals surface area contributed by atoms with E-state index in [-0.39, 0.29) is 5.41 Å². The molecule has 1 aliphatic rings. The summed E-state index contributed by atoms with van der Waals surface area (Å²) in [7, 11) is 0. The van der Waals surface area contributed by atoms with Crippen molar-refractivity contribution in [1.29, 1.82) is 0 Å². The van der Waals surface area contributed by atoms with Crippen molar-refractivity contribution < 1.29 is 0 Å². The second-order valence-electron chi connectivity index (χ2n) is 4.08. The van der Waals surface area contributed by atoms with Gasteiger partial charge < -0.3 is 5.32 Å². The van der Waals surface area contributed by atoms with Crippen molar-refractivity contribution in [3.8, 4) is 0 Å². The number of hydrogen-bond acceptors (Lipinski definition) is 2. The molecule has 1 unspecified atom stereocenters. The highest BCUT2D eigenvalue weighted by Gasteiger charge is 2.27. The van der Waals surface area contributed by atoms with Crippen molar-refractivity contribution >= 4 is 6.34 Å². The highest BCUT2D eigenvalue weighted by Crippen LogP contribution is 2.31. The topological polar surface area (TPSA) is 24.4 Å². The maximum Gasteiger partial charge on any atom is 0.0865 e. The normalized spacial score (nSPS) is 25.0. The zero-order valence-corrected chi connectivity index (χ0v) is 7.52. The molecule has 0 aromatic carbocycles. The first-order valence-electron chi connectivity index (χ1n) is 3.95. The minimum Gasteiger partial charge on any atom is -0.350 e. The fourth-order valence-corrected chi connectivity index (χ4v) is 1.29. The van der Waals surface area contributed by atoms with Gasteiger partial charge in [-0.05, 0) is 5.41 Å². The Morgan fingerprint density at radius 2 is 2.27 bits per heavy atom. The van der Waals surface area contributed by atoms with Crippen LogP contribution in [0.15, 0.2) is 17.3 Å². The molecule has 0 radical (unpaired) electrons. The average Bonchev–Trinajstić information content (AvgIpc) is 1.86. The van der Waals surface area contributed by atoms with E-state index in [1.807, 2.05) is 0 Å². The molecule has 0 bridgehead atoms. The van der Waals surface area contributed by atoms with Crippen LogP contribution in [0.25, 0.3) is 0 Å². The predicted molar refractivity (Wildman–Crippen MR) is 48.6 cm³/mol. The van der Waals surface area contributed by atoms with Gasteiger partial charge >= 0.3 is 0 Å². The Hall–Kier alpha value is -0.790. The lowest BCUT2D eigenvalue weighted by atomic mass is 9.78. The van der Waals surface area contributed by atoms with E-state index in [0.29, 0.717) is 5.92 Å². The number of rotatable bonds is 0. The molecule has 62 valence electrons. The zero-order valence-electron chi connectivity index (χ0n) is 7.52. The molecule has 0 aromatic heterocycles. The SMILES string of the molecule is C=C1NC=NCC1C(C)(C)C. The molecule has 0 spiro atoms. The lowest BCUT2D eigenvalue weighted by molar-refractivity contribution is 0.277. The van der Waals surface area contributed by atoms with Gasteiger partial charge in [-0.2, -0.15) is 0 Å². The molecule has 0 aromatic rings. The zero-order chi connectivity index (χ0) is 8.48. The van der Waals surface area contributed by atoms with Crippen LogP contribution in [0, 0.1) is 11.3 Å².